The second kappa shape index (κ2) is 8.98. The van der Waals surface area contributed by atoms with Gasteiger partial charge < -0.3 is 19.2 Å². The summed E-state index contributed by atoms with van der Waals surface area (Å²) in [6, 6.07) is 13.5. The Morgan fingerprint density at radius 1 is 1.23 bits per heavy atom. The minimum Gasteiger partial charge on any atom is -0.494 e. The van der Waals surface area contributed by atoms with Gasteiger partial charge in [-0.15, -0.1) is 10.2 Å². The van der Waals surface area contributed by atoms with Crippen LogP contribution < -0.4 is 14.8 Å². The van der Waals surface area contributed by atoms with Gasteiger partial charge in [0.25, 0.3) is 0 Å². The Balaban J connectivity index is 1.33. The Morgan fingerprint density at radius 3 is 2.87 bits per heavy atom. The van der Waals surface area contributed by atoms with Crippen LogP contribution >= 0.6 is 0 Å². The van der Waals surface area contributed by atoms with Crippen molar-refractivity contribution in [3.05, 3.63) is 59.5 Å². The minimum atomic E-state index is -0.0910. The molecule has 1 unspecified atom stereocenters. The first-order chi connectivity index (χ1) is 14.6. The van der Waals surface area contributed by atoms with Crippen LogP contribution in [0.2, 0.25) is 0 Å². The molecule has 1 amide bonds. The highest BCUT2D eigenvalue weighted by Crippen LogP contribution is 2.35. The van der Waals surface area contributed by atoms with E-state index in [4.69, 9.17) is 13.9 Å². The number of nitrogens with one attached hydrogen (secondary N) is 1. The van der Waals surface area contributed by atoms with Crippen LogP contribution in [0.1, 0.15) is 37.3 Å². The van der Waals surface area contributed by atoms with Gasteiger partial charge in [-0.25, -0.2) is 0 Å². The number of carbonyl (C=O) groups excluding carboxylic acids is 1. The second-order valence-corrected chi connectivity index (χ2v) is 7.28. The number of rotatable bonds is 8. The number of aromatic nitrogens is 2. The average molecular weight is 407 g/mol. The van der Waals surface area contributed by atoms with Gasteiger partial charge >= 0.3 is 0 Å². The summed E-state index contributed by atoms with van der Waals surface area (Å²) in [5.74, 6) is 2.47. The third-order valence-corrected chi connectivity index (χ3v) is 4.91. The van der Waals surface area contributed by atoms with E-state index >= 15 is 0 Å². The maximum atomic E-state index is 12.3. The third-order valence-electron chi connectivity index (χ3n) is 4.91. The normalized spacial score (nSPS) is 14.8. The molecule has 0 spiro atoms. The molecule has 0 fully saturated rings. The number of nitrogens with zero attached hydrogens (tertiary/aromatic N) is 2. The molecule has 0 radical (unpaired) electrons. The fourth-order valence-corrected chi connectivity index (χ4v) is 3.46. The summed E-state index contributed by atoms with van der Waals surface area (Å²) in [5, 5.41) is 11.0. The molecule has 0 aliphatic carbocycles. The zero-order valence-corrected chi connectivity index (χ0v) is 17.2. The summed E-state index contributed by atoms with van der Waals surface area (Å²) in [6.07, 6.45) is 1.68. The Hall–Kier alpha value is -3.35. The zero-order chi connectivity index (χ0) is 20.9. The maximum absolute atomic E-state index is 12.3. The molecule has 1 aliphatic heterocycles. The molecular weight excluding hydrogens is 382 g/mol. The van der Waals surface area contributed by atoms with Crippen LogP contribution in [0, 0.1) is 0 Å². The van der Waals surface area contributed by atoms with Crippen LogP contribution in [-0.2, 0) is 24.2 Å². The molecule has 30 heavy (non-hydrogen) atoms. The molecule has 1 aliphatic rings. The quantitative estimate of drug-likeness (QED) is 0.613. The van der Waals surface area contributed by atoms with E-state index in [9.17, 15) is 4.79 Å². The van der Waals surface area contributed by atoms with Crippen molar-refractivity contribution in [2.75, 3.05) is 6.61 Å². The Bertz CT molecular complexity index is 1020. The van der Waals surface area contributed by atoms with Crippen LogP contribution in [-0.4, -0.2) is 28.8 Å². The van der Waals surface area contributed by atoms with Gasteiger partial charge in [-0.1, -0.05) is 18.2 Å². The van der Waals surface area contributed by atoms with Crippen molar-refractivity contribution in [2.45, 2.75) is 45.8 Å². The molecule has 156 valence electrons. The van der Waals surface area contributed by atoms with Crippen molar-refractivity contribution < 1.29 is 18.7 Å². The van der Waals surface area contributed by atoms with E-state index in [1.165, 1.54) is 0 Å². The molecule has 7 heteroatoms. The molecule has 0 saturated carbocycles. The van der Waals surface area contributed by atoms with E-state index in [0.29, 0.717) is 31.4 Å². The highest BCUT2D eigenvalue weighted by molar-refractivity contribution is 5.76. The highest BCUT2D eigenvalue weighted by Gasteiger charge is 2.22. The first-order valence-corrected chi connectivity index (χ1v) is 10.2. The predicted octanol–water partition coefficient (Wildman–Crippen LogP) is 3.71. The first-order valence-electron chi connectivity index (χ1n) is 10.2. The first kappa shape index (κ1) is 19.9. The van der Waals surface area contributed by atoms with Crippen LogP contribution in [0.15, 0.2) is 46.9 Å². The number of hydrogen-bond donors (Lipinski definition) is 1. The molecule has 7 nitrogen and oxygen atoms in total. The van der Waals surface area contributed by atoms with Crippen LogP contribution in [0.4, 0.5) is 0 Å². The SMILES string of the molecule is CCOc1cc2c(cc1CNC(=O)CCc1nnc(-c3ccccc3)o1)OC(C)C2. The fourth-order valence-electron chi connectivity index (χ4n) is 3.46. The van der Waals surface area contributed by atoms with Crippen LogP contribution in [0.5, 0.6) is 11.5 Å². The van der Waals surface area contributed by atoms with E-state index in [2.05, 4.69) is 15.5 Å². The standard InChI is InChI=1S/C23H25N3O4/c1-3-28-19-12-17-11-15(2)29-20(17)13-18(19)14-24-21(27)9-10-22-25-26-23(30-22)16-7-5-4-6-8-16/h4-8,12-13,15H,3,9-11,14H2,1-2H3,(H,24,27). The number of hydrogen-bond acceptors (Lipinski definition) is 6. The summed E-state index contributed by atoms with van der Waals surface area (Å²) in [6.45, 7) is 4.93. The van der Waals surface area contributed by atoms with Crippen LogP contribution in [0.3, 0.4) is 0 Å². The summed E-state index contributed by atoms with van der Waals surface area (Å²) >= 11 is 0. The molecular formula is C23H25N3O4. The average Bonchev–Trinajstić information content (AvgIpc) is 3.37. The van der Waals surface area contributed by atoms with E-state index in [1.807, 2.05) is 56.3 Å². The maximum Gasteiger partial charge on any atom is 0.247 e. The van der Waals surface area contributed by atoms with E-state index in [0.717, 1.165) is 34.6 Å². The van der Waals surface area contributed by atoms with Gasteiger partial charge in [0.2, 0.25) is 17.7 Å². The van der Waals surface area contributed by atoms with E-state index in [-0.39, 0.29) is 18.4 Å². The van der Waals surface area contributed by atoms with Crippen molar-refractivity contribution in [2.24, 2.45) is 0 Å². The Morgan fingerprint density at radius 2 is 2.07 bits per heavy atom. The molecule has 3 aromatic rings. The Kier molecular flexibility index (Phi) is 5.97. The van der Waals surface area contributed by atoms with Crippen molar-refractivity contribution in [1.82, 2.24) is 15.5 Å². The number of benzene rings is 2. The molecule has 2 aromatic carbocycles. The zero-order valence-electron chi connectivity index (χ0n) is 17.2. The van der Waals surface area contributed by atoms with E-state index in [1.54, 1.807) is 0 Å². The van der Waals surface area contributed by atoms with E-state index < -0.39 is 0 Å². The van der Waals surface area contributed by atoms with Gasteiger partial charge in [0, 0.05) is 42.5 Å². The lowest BCUT2D eigenvalue weighted by Crippen LogP contribution is -2.23. The number of ether oxygens (including phenoxy) is 2. The summed E-state index contributed by atoms with van der Waals surface area (Å²) < 4.78 is 17.3. The number of carbonyl (C=O) groups is 1. The van der Waals surface area contributed by atoms with Gasteiger partial charge in [-0.3, -0.25) is 4.79 Å². The van der Waals surface area contributed by atoms with Crippen molar-refractivity contribution >= 4 is 5.91 Å². The van der Waals surface area contributed by atoms with Crippen molar-refractivity contribution in [1.29, 1.82) is 0 Å². The summed E-state index contributed by atoms with van der Waals surface area (Å²) in [5.41, 5.74) is 2.91. The lowest BCUT2D eigenvalue weighted by atomic mass is 10.1. The summed E-state index contributed by atoms with van der Waals surface area (Å²) in [7, 11) is 0. The molecule has 1 atom stereocenters. The Labute approximate surface area is 175 Å². The number of amides is 1. The topological polar surface area (TPSA) is 86.5 Å². The smallest absolute Gasteiger partial charge is 0.247 e. The molecule has 1 aromatic heterocycles. The fraction of sp³-hybridized carbons (Fsp3) is 0.348. The predicted molar refractivity (Wildman–Crippen MR) is 111 cm³/mol. The third kappa shape index (κ3) is 4.62. The van der Waals surface area contributed by atoms with Gasteiger partial charge in [-0.2, -0.15) is 0 Å². The molecule has 4 rings (SSSR count). The highest BCUT2D eigenvalue weighted by atomic mass is 16.5. The largest absolute Gasteiger partial charge is 0.494 e. The monoisotopic (exact) mass is 407 g/mol. The molecule has 0 bridgehead atoms. The summed E-state index contributed by atoms with van der Waals surface area (Å²) in [4.78, 5) is 12.3. The number of aryl methyl sites for hydroxylation is 1. The van der Waals surface area contributed by atoms with Gasteiger partial charge in [0.05, 0.1) is 6.61 Å². The number of fused-ring (bicyclic) bond motifs is 1. The molecule has 0 saturated heterocycles. The van der Waals surface area contributed by atoms with Crippen LogP contribution in [0.25, 0.3) is 11.5 Å². The van der Waals surface area contributed by atoms with Gasteiger partial charge in [0.1, 0.15) is 17.6 Å². The molecule has 2 heterocycles. The minimum absolute atomic E-state index is 0.0910. The lowest BCUT2D eigenvalue weighted by Gasteiger charge is -2.13. The van der Waals surface area contributed by atoms with Gasteiger partial charge in [0.15, 0.2) is 0 Å². The second-order valence-electron chi connectivity index (χ2n) is 7.28. The lowest BCUT2D eigenvalue weighted by molar-refractivity contribution is -0.121. The van der Waals surface area contributed by atoms with Crippen molar-refractivity contribution in [3.63, 3.8) is 0 Å². The van der Waals surface area contributed by atoms with Gasteiger partial charge in [-0.05, 0) is 38.1 Å². The van der Waals surface area contributed by atoms with Crippen molar-refractivity contribution in [3.8, 4) is 23.0 Å². The molecule has 1 N–H and O–H groups in total.